The summed E-state index contributed by atoms with van der Waals surface area (Å²) in [6.45, 7) is 1.54. The predicted octanol–water partition coefficient (Wildman–Crippen LogP) is 3.31. The summed E-state index contributed by atoms with van der Waals surface area (Å²) in [5, 5.41) is 5.26. The number of imide groups is 1. The first-order valence-corrected chi connectivity index (χ1v) is 14.0. The first-order chi connectivity index (χ1) is 18.1. The van der Waals surface area contributed by atoms with Crippen molar-refractivity contribution in [3.63, 3.8) is 0 Å². The third-order valence-electron chi connectivity index (χ3n) is 6.18. The highest BCUT2D eigenvalue weighted by Gasteiger charge is 2.29. The highest BCUT2D eigenvalue weighted by Crippen LogP contribution is 2.37. The molecule has 2 heterocycles. The molecule has 0 fully saturated rings. The summed E-state index contributed by atoms with van der Waals surface area (Å²) in [7, 11) is 0.844. The lowest BCUT2D eigenvalue weighted by atomic mass is 10.0. The summed E-state index contributed by atoms with van der Waals surface area (Å²) in [4.78, 5) is 40.7. The van der Waals surface area contributed by atoms with Gasteiger partial charge in [-0.05, 0) is 48.9 Å². The van der Waals surface area contributed by atoms with Crippen LogP contribution in [0.3, 0.4) is 0 Å². The van der Waals surface area contributed by atoms with Crippen molar-refractivity contribution in [1.29, 1.82) is 0 Å². The number of anilines is 1. The molecule has 1 aliphatic rings. The minimum Gasteiger partial charge on any atom is -0.453 e. The number of carbonyl (C=O) groups is 3. The molecule has 0 spiro atoms. The minimum atomic E-state index is -3.78. The molecule has 2 N–H and O–H groups in total. The number of ether oxygens (including phenoxy) is 1. The van der Waals surface area contributed by atoms with Gasteiger partial charge in [-0.25, -0.2) is 13.2 Å². The molecular formula is C26H28N4O6S2. The van der Waals surface area contributed by atoms with Gasteiger partial charge in [-0.1, -0.05) is 30.3 Å². The number of alkyl carbamates (subject to hydrolysis) is 1. The summed E-state index contributed by atoms with van der Waals surface area (Å²) < 4.78 is 31.8. The van der Waals surface area contributed by atoms with Crippen molar-refractivity contribution in [3.8, 4) is 0 Å². The Hall–Kier alpha value is -3.58. The van der Waals surface area contributed by atoms with Gasteiger partial charge >= 0.3 is 6.09 Å². The molecule has 3 aromatic rings. The Morgan fingerprint density at radius 1 is 1.05 bits per heavy atom. The summed E-state index contributed by atoms with van der Waals surface area (Å²) in [5.41, 5.74) is 2.09. The normalized spacial score (nSPS) is 13.6. The zero-order chi connectivity index (χ0) is 27.4. The number of nitrogens with zero attached hydrogens (tertiary/aromatic N) is 2. The number of rotatable bonds is 7. The Morgan fingerprint density at radius 2 is 1.74 bits per heavy atom. The largest absolute Gasteiger partial charge is 0.453 e. The van der Waals surface area contributed by atoms with Gasteiger partial charge in [0.15, 0.2) is 0 Å². The van der Waals surface area contributed by atoms with Crippen LogP contribution in [0.25, 0.3) is 0 Å². The summed E-state index contributed by atoms with van der Waals surface area (Å²) >= 11 is 1.27. The Kier molecular flexibility index (Phi) is 8.26. The summed E-state index contributed by atoms with van der Waals surface area (Å²) in [6, 6.07) is 14.9. The number of nitrogens with one attached hydrogen (secondary N) is 2. The van der Waals surface area contributed by atoms with E-state index in [1.54, 1.807) is 0 Å². The maximum absolute atomic E-state index is 13.1. The number of methoxy groups -OCH3 is 1. The van der Waals surface area contributed by atoms with Gasteiger partial charge in [0.1, 0.15) is 5.00 Å². The fourth-order valence-corrected chi connectivity index (χ4v) is 6.60. The second-order valence-electron chi connectivity index (χ2n) is 8.87. The van der Waals surface area contributed by atoms with E-state index >= 15 is 0 Å². The third-order valence-corrected chi connectivity index (χ3v) is 9.13. The Morgan fingerprint density at radius 3 is 2.39 bits per heavy atom. The smallest absolute Gasteiger partial charge is 0.413 e. The number of benzene rings is 2. The molecule has 0 saturated carbocycles. The SMILES string of the molecule is COC(=O)NC(=O)c1c(NC(=O)c2ccc(S(=O)(=O)N(C)Cc3ccccc3)cc2)sc2c1CCN(C)C2. The van der Waals surface area contributed by atoms with Crippen molar-refractivity contribution < 1.29 is 27.5 Å². The molecule has 0 radical (unpaired) electrons. The predicted molar refractivity (Wildman–Crippen MR) is 144 cm³/mol. The van der Waals surface area contributed by atoms with E-state index in [0.29, 0.717) is 18.0 Å². The number of fused-ring (bicyclic) bond motifs is 1. The zero-order valence-corrected chi connectivity index (χ0v) is 22.8. The number of thiophene rings is 1. The standard InChI is InChI=1S/C26H28N4O6S2/c1-29-14-13-20-21(16-29)37-25(22(20)24(32)28-26(33)36-3)27-23(31)18-9-11-19(12-10-18)38(34,35)30(2)15-17-7-5-4-6-8-17/h4-12H,13-16H2,1-3H3,(H,27,31)(H,28,32,33). The number of likely N-dealkylation sites (N-methyl/N-ethyl adjacent to an activating group) is 1. The van der Waals surface area contributed by atoms with Crippen molar-refractivity contribution >= 4 is 44.3 Å². The second-order valence-corrected chi connectivity index (χ2v) is 12.0. The summed E-state index contributed by atoms with van der Waals surface area (Å²) in [5.74, 6) is -1.16. The fraction of sp³-hybridized carbons (Fsp3) is 0.269. The number of amides is 3. The number of sulfonamides is 1. The molecule has 3 amide bonds. The molecule has 1 aliphatic heterocycles. The molecule has 0 unspecified atom stereocenters. The average Bonchev–Trinajstić information content (AvgIpc) is 3.25. The van der Waals surface area contributed by atoms with E-state index in [0.717, 1.165) is 29.7 Å². The lowest BCUT2D eigenvalue weighted by molar-refractivity contribution is 0.0936. The first-order valence-electron chi connectivity index (χ1n) is 11.7. The molecule has 0 saturated heterocycles. The molecule has 4 rings (SSSR count). The monoisotopic (exact) mass is 556 g/mol. The van der Waals surface area contributed by atoms with Crippen molar-refractivity contribution in [2.75, 3.05) is 33.1 Å². The van der Waals surface area contributed by atoms with E-state index in [4.69, 9.17) is 0 Å². The van der Waals surface area contributed by atoms with Crippen LogP contribution in [0.5, 0.6) is 0 Å². The maximum atomic E-state index is 13.1. The van der Waals surface area contributed by atoms with Gasteiger partial charge in [0, 0.05) is 37.1 Å². The van der Waals surface area contributed by atoms with Crippen molar-refractivity contribution in [1.82, 2.24) is 14.5 Å². The van der Waals surface area contributed by atoms with Gasteiger partial charge < -0.3 is 15.0 Å². The number of hydrogen-bond donors (Lipinski definition) is 2. The van der Waals surface area contributed by atoms with Gasteiger partial charge in [-0.3, -0.25) is 14.9 Å². The van der Waals surface area contributed by atoms with Gasteiger partial charge in [0.05, 0.1) is 17.6 Å². The molecule has 0 aliphatic carbocycles. The zero-order valence-electron chi connectivity index (χ0n) is 21.2. The maximum Gasteiger partial charge on any atom is 0.413 e. The van der Waals surface area contributed by atoms with Gasteiger partial charge in [-0.15, -0.1) is 11.3 Å². The highest BCUT2D eigenvalue weighted by atomic mass is 32.2. The van der Waals surface area contributed by atoms with Crippen molar-refractivity contribution in [2.45, 2.75) is 24.4 Å². The van der Waals surface area contributed by atoms with Crippen LogP contribution in [0.2, 0.25) is 0 Å². The lowest BCUT2D eigenvalue weighted by Gasteiger charge is -2.22. The van der Waals surface area contributed by atoms with Gasteiger partial charge in [-0.2, -0.15) is 4.31 Å². The highest BCUT2D eigenvalue weighted by molar-refractivity contribution is 7.89. The second kappa shape index (κ2) is 11.4. The molecule has 2 aromatic carbocycles. The fourth-order valence-electron chi connectivity index (χ4n) is 4.12. The van der Waals surface area contributed by atoms with E-state index in [-0.39, 0.29) is 22.6 Å². The van der Waals surface area contributed by atoms with Gasteiger partial charge in [0.25, 0.3) is 11.8 Å². The minimum absolute atomic E-state index is 0.0558. The van der Waals surface area contributed by atoms with Crippen molar-refractivity contribution in [2.24, 2.45) is 0 Å². The molecular weight excluding hydrogens is 528 g/mol. The van der Waals surface area contributed by atoms with Crippen LogP contribution >= 0.6 is 11.3 Å². The Balaban J connectivity index is 1.54. The number of hydrogen-bond acceptors (Lipinski definition) is 8. The molecule has 38 heavy (non-hydrogen) atoms. The Labute approximate surface area is 225 Å². The number of carbonyl (C=O) groups excluding carboxylic acids is 3. The molecule has 12 heteroatoms. The molecule has 0 bridgehead atoms. The molecule has 200 valence electrons. The first kappa shape index (κ1) is 27.5. The molecule has 0 atom stereocenters. The average molecular weight is 557 g/mol. The van der Waals surface area contributed by atoms with E-state index in [1.807, 2.05) is 37.4 Å². The Bertz CT molecular complexity index is 1450. The van der Waals surface area contributed by atoms with Crippen LogP contribution in [-0.2, 0) is 34.3 Å². The topological polar surface area (TPSA) is 125 Å². The van der Waals surface area contributed by atoms with E-state index in [9.17, 15) is 22.8 Å². The van der Waals surface area contributed by atoms with Crippen LogP contribution < -0.4 is 10.6 Å². The van der Waals surface area contributed by atoms with E-state index < -0.39 is 27.9 Å². The van der Waals surface area contributed by atoms with Gasteiger partial charge in [0.2, 0.25) is 10.0 Å². The summed E-state index contributed by atoms with van der Waals surface area (Å²) in [6.07, 6.45) is -0.306. The van der Waals surface area contributed by atoms with Crippen molar-refractivity contribution in [3.05, 3.63) is 81.7 Å². The lowest BCUT2D eigenvalue weighted by Crippen LogP contribution is -2.32. The van der Waals surface area contributed by atoms with Crippen LogP contribution in [-0.4, -0.2) is 63.3 Å². The van der Waals surface area contributed by atoms with E-state index in [1.165, 1.54) is 47.0 Å². The third kappa shape index (κ3) is 5.94. The van der Waals surface area contributed by atoms with Crippen LogP contribution in [0.15, 0.2) is 59.5 Å². The quantitative estimate of drug-likeness (QED) is 0.457. The van der Waals surface area contributed by atoms with Crippen LogP contribution in [0.4, 0.5) is 9.80 Å². The molecule has 10 nitrogen and oxygen atoms in total. The van der Waals surface area contributed by atoms with Crippen LogP contribution in [0, 0.1) is 0 Å². The van der Waals surface area contributed by atoms with Crippen LogP contribution in [0.1, 0.15) is 36.7 Å². The van der Waals surface area contributed by atoms with E-state index in [2.05, 4.69) is 20.3 Å². The molecule has 1 aromatic heterocycles.